The van der Waals surface area contributed by atoms with Crippen molar-refractivity contribution >= 4 is 50.0 Å². The van der Waals surface area contributed by atoms with Crippen molar-refractivity contribution in [2.45, 2.75) is 18.7 Å². The van der Waals surface area contributed by atoms with Crippen LogP contribution >= 0.6 is 11.3 Å². The Morgan fingerprint density at radius 3 is 2.41 bits per heavy atom. The van der Waals surface area contributed by atoms with Gasteiger partial charge in [-0.1, -0.05) is 11.3 Å². The van der Waals surface area contributed by atoms with Crippen molar-refractivity contribution in [3.63, 3.8) is 0 Å². The van der Waals surface area contributed by atoms with Crippen LogP contribution in [0.2, 0.25) is 0 Å². The van der Waals surface area contributed by atoms with E-state index in [9.17, 15) is 13.2 Å². The molecule has 1 heterocycles. The van der Waals surface area contributed by atoms with E-state index in [1.54, 1.807) is 26.2 Å². The fraction of sp³-hybridized carbons (Fsp3) is 0.150. The van der Waals surface area contributed by atoms with E-state index in [-0.39, 0.29) is 21.9 Å². The minimum atomic E-state index is -4.14. The molecular weight excluding hydrogens is 480 g/mol. The highest BCUT2D eigenvalue weighted by molar-refractivity contribution is 7.90. The number of nitrogens with one attached hydrogen (secondary N) is 2. The van der Waals surface area contributed by atoms with Gasteiger partial charge >= 0.3 is 0 Å². The van der Waals surface area contributed by atoms with E-state index in [1.807, 2.05) is 12.1 Å². The number of methoxy groups -OCH3 is 1. The summed E-state index contributed by atoms with van der Waals surface area (Å²) in [7, 11) is -2.56. The van der Waals surface area contributed by atoms with Crippen LogP contribution in [0.25, 0.3) is 10.6 Å². The standard InChI is InChI=1S/C20H22N8O4S2/c1-11-10-15(8-9-16(11)23-12(2)29)34(30,31)28-19(22)24-18(21)25-20-27-26-17(33-20)13-4-6-14(32-3)7-5-13/h4-10H,1-3H3,(H,23,29)(H5,21,22,24,25,27,28). The molecule has 6 N–H and O–H groups in total. The van der Waals surface area contributed by atoms with Gasteiger partial charge in [0, 0.05) is 18.2 Å². The number of benzene rings is 2. The maximum atomic E-state index is 12.6. The molecule has 34 heavy (non-hydrogen) atoms. The average molecular weight is 503 g/mol. The number of aromatic nitrogens is 2. The molecule has 0 atom stereocenters. The van der Waals surface area contributed by atoms with E-state index in [2.05, 4.69) is 30.2 Å². The summed E-state index contributed by atoms with van der Waals surface area (Å²) in [4.78, 5) is 15.2. The van der Waals surface area contributed by atoms with Crippen LogP contribution in [0.5, 0.6) is 5.75 Å². The number of nitrogens with two attached hydrogens (primary N) is 2. The molecule has 0 saturated heterocycles. The predicted molar refractivity (Wildman–Crippen MR) is 131 cm³/mol. The van der Waals surface area contributed by atoms with Crippen LogP contribution in [0.1, 0.15) is 12.5 Å². The number of guanidine groups is 2. The Labute approximate surface area is 199 Å². The van der Waals surface area contributed by atoms with Crippen molar-refractivity contribution in [1.82, 2.24) is 15.5 Å². The second-order valence-corrected chi connectivity index (χ2v) is 9.41. The van der Waals surface area contributed by atoms with E-state index in [0.29, 0.717) is 22.0 Å². The van der Waals surface area contributed by atoms with Crippen molar-refractivity contribution in [2.24, 2.45) is 20.9 Å². The van der Waals surface area contributed by atoms with Gasteiger partial charge in [0.15, 0.2) is 0 Å². The number of carbonyl (C=O) groups is 1. The molecule has 1 aromatic heterocycles. The number of rotatable bonds is 6. The zero-order valence-electron chi connectivity index (χ0n) is 18.4. The third kappa shape index (κ3) is 6.26. The molecule has 2 aromatic carbocycles. The quantitative estimate of drug-likeness (QED) is 0.287. The Morgan fingerprint density at radius 1 is 1.09 bits per heavy atom. The third-order valence-electron chi connectivity index (χ3n) is 4.25. The van der Waals surface area contributed by atoms with Crippen molar-refractivity contribution in [2.75, 3.05) is 12.4 Å². The van der Waals surface area contributed by atoms with E-state index < -0.39 is 16.0 Å². The number of amides is 1. The molecule has 0 unspecified atom stereocenters. The molecule has 0 aliphatic carbocycles. The Kier molecular flexibility index (Phi) is 7.43. The van der Waals surface area contributed by atoms with Crippen molar-refractivity contribution in [1.29, 1.82) is 0 Å². The lowest BCUT2D eigenvalue weighted by Crippen LogP contribution is -2.41. The summed E-state index contributed by atoms with van der Waals surface area (Å²) in [5.41, 5.74) is 13.4. The molecule has 0 fully saturated rings. The number of anilines is 1. The molecule has 178 valence electrons. The van der Waals surface area contributed by atoms with E-state index in [1.165, 1.54) is 36.5 Å². The molecule has 1 amide bonds. The normalized spacial score (nSPS) is 12.3. The van der Waals surface area contributed by atoms with Crippen LogP contribution in [-0.4, -0.2) is 43.6 Å². The van der Waals surface area contributed by atoms with Crippen molar-refractivity contribution in [3.05, 3.63) is 48.0 Å². The molecule has 0 aliphatic rings. The SMILES string of the molecule is COc1ccc(-c2nnc(/N=C(\N)N/C(N)=N/S(=O)(=O)c3ccc(NC(C)=O)c(C)c3)s2)cc1. The number of aryl methyl sites for hydroxylation is 1. The van der Waals surface area contributed by atoms with Gasteiger partial charge in [-0.15, -0.1) is 14.6 Å². The maximum absolute atomic E-state index is 12.6. The highest BCUT2D eigenvalue weighted by Crippen LogP contribution is 2.29. The van der Waals surface area contributed by atoms with Gasteiger partial charge in [0.25, 0.3) is 10.0 Å². The third-order valence-corrected chi connectivity index (χ3v) is 6.40. The molecule has 0 aliphatic heterocycles. The van der Waals surface area contributed by atoms with Crippen LogP contribution in [0.3, 0.4) is 0 Å². The second kappa shape index (κ2) is 10.3. The smallest absolute Gasteiger partial charge is 0.285 e. The molecule has 3 rings (SSSR count). The van der Waals surface area contributed by atoms with Crippen LogP contribution in [0.4, 0.5) is 10.8 Å². The highest BCUT2D eigenvalue weighted by atomic mass is 32.2. The van der Waals surface area contributed by atoms with Gasteiger partial charge in [0.1, 0.15) is 10.8 Å². The predicted octanol–water partition coefficient (Wildman–Crippen LogP) is 1.72. The van der Waals surface area contributed by atoms with E-state index in [4.69, 9.17) is 16.2 Å². The number of nitrogens with zero attached hydrogens (tertiary/aromatic N) is 4. The molecule has 14 heteroatoms. The molecular formula is C20H22N8O4S2. The first-order valence-electron chi connectivity index (χ1n) is 9.65. The highest BCUT2D eigenvalue weighted by Gasteiger charge is 2.16. The van der Waals surface area contributed by atoms with Crippen molar-refractivity contribution < 1.29 is 17.9 Å². The Bertz CT molecular complexity index is 1370. The minimum absolute atomic E-state index is 0.104. The molecule has 0 radical (unpaired) electrons. The fourth-order valence-corrected chi connectivity index (χ4v) is 4.41. The lowest BCUT2D eigenvalue weighted by molar-refractivity contribution is -0.114. The topological polar surface area (TPSA) is 187 Å². The number of ether oxygens (including phenoxy) is 1. The zero-order chi connectivity index (χ0) is 24.9. The number of hydrogen-bond acceptors (Lipinski definition) is 8. The number of carbonyl (C=O) groups excluding carboxylic acids is 1. The van der Waals surface area contributed by atoms with Crippen LogP contribution < -0.4 is 26.8 Å². The first-order valence-corrected chi connectivity index (χ1v) is 11.9. The first-order chi connectivity index (χ1) is 16.1. The maximum Gasteiger partial charge on any atom is 0.285 e. The first kappa shape index (κ1) is 24.6. The van der Waals surface area contributed by atoms with E-state index in [0.717, 1.165) is 5.56 Å². The monoisotopic (exact) mass is 502 g/mol. The molecule has 0 saturated carbocycles. The van der Waals surface area contributed by atoms with Gasteiger partial charge in [-0.2, -0.15) is 13.4 Å². The Balaban J connectivity index is 1.72. The molecule has 0 bridgehead atoms. The Hall–Kier alpha value is -4.04. The zero-order valence-corrected chi connectivity index (χ0v) is 20.1. The lowest BCUT2D eigenvalue weighted by Gasteiger charge is -2.08. The number of hydrogen-bond donors (Lipinski definition) is 4. The minimum Gasteiger partial charge on any atom is -0.497 e. The van der Waals surface area contributed by atoms with Crippen LogP contribution in [0.15, 0.2) is 56.8 Å². The summed E-state index contributed by atoms with van der Waals surface area (Å²) in [5, 5.41) is 13.9. The summed E-state index contributed by atoms with van der Waals surface area (Å²) in [6, 6.07) is 11.4. The summed E-state index contributed by atoms with van der Waals surface area (Å²) in [6.45, 7) is 3.01. The van der Waals surface area contributed by atoms with Gasteiger partial charge in [0.05, 0.1) is 12.0 Å². The Morgan fingerprint density at radius 2 is 1.79 bits per heavy atom. The van der Waals surface area contributed by atoms with Gasteiger partial charge in [-0.05, 0) is 55.0 Å². The van der Waals surface area contributed by atoms with Gasteiger partial charge < -0.3 is 21.5 Å². The average Bonchev–Trinajstić information content (AvgIpc) is 3.22. The number of aliphatic imine (C=N–C) groups is 1. The summed E-state index contributed by atoms with van der Waals surface area (Å²) < 4.78 is 33.8. The molecule has 3 aromatic rings. The summed E-state index contributed by atoms with van der Waals surface area (Å²) in [5.74, 6) is -0.259. The summed E-state index contributed by atoms with van der Waals surface area (Å²) >= 11 is 1.17. The van der Waals surface area contributed by atoms with Crippen LogP contribution in [-0.2, 0) is 14.8 Å². The number of sulfonamides is 1. The van der Waals surface area contributed by atoms with Crippen LogP contribution in [0, 0.1) is 6.92 Å². The molecule has 0 spiro atoms. The fourth-order valence-electron chi connectivity index (χ4n) is 2.70. The summed E-state index contributed by atoms with van der Waals surface area (Å²) in [6.07, 6.45) is 0. The molecule has 12 nitrogen and oxygen atoms in total. The van der Waals surface area contributed by atoms with Crippen molar-refractivity contribution in [3.8, 4) is 16.3 Å². The van der Waals surface area contributed by atoms with Gasteiger partial charge in [-0.3, -0.25) is 10.1 Å². The van der Waals surface area contributed by atoms with Gasteiger partial charge in [-0.25, -0.2) is 0 Å². The largest absolute Gasteiger partial charge is 0.497 e. The lowest BCUT2D eigenvalue weighted by atomic mass is 10.2. The second-order valence-electron chi connectivity index (χ2n) is 6.85. The van der Waals surface area contributed by atoms with Gasteiger partial charge in [0.2, 0.25) is 23.0 Å². The van der Waals surface area contributed by atoms with E-state index >= 15 is 0 Å².